The van der Waals surface area contributed by atoms with Crippen LogP contribution in [0.15, 0.2) is 71.5 Å². The highest BCUT2D eigenvalue weighted by Gasteiger charge is 2.23. The van der Waals surface area contributed by atoms with Crippen molar-refractivity contribution in [3.63, 3.8) is 0 Å². The lowest BCUT2D eigenvalue weighted by atomic mass is 9.99. The van der Waals surface area contributed by atoms with Crippen LogP contribution in [0.3, 0.4) is 0 Å². The molecule has 0 spiro atoms. The van der Waals surface area contributed by atoms with Crippen LogP contribution in [0, 0.1) is 13.8 Å². The highest BCUT2D eigenvalue weighted by molar-refractivity contribution is 5.94. The van der Waals surface area contributed by atoms with Gasteiger partial charge in [-0.15, -0.1) is 0 Å². The van der Waals surface area contributed by atoms with Gasteiger partial charge in [0, 0.05) is 24.0 Å². The topological polar surface area (TPSA) is 56.6 Å². The van der Waals surface area contributed by atoms with Gasteiger partial charge in [0.1, 0.15) is 6.10 Å². The fraction of sp³-hybridized carbons (Fsp3) is 0.333. The van der Waals surface area contributed by atoms with E-state index in [-0.39, 0.29) is 11.7 Å². The van der Waals surface area contributed by atoms with Crippen LogP contribution >= 0.6 is 0 Å². The van der Waals surface area contributed by atoms with Gasteiger partial charge in [-0.3, -0.25) is 9.69 Å². The smallest absolute Gasteiger partial charge is 0.275 e. The van der Waals surface area contributed by atoms with E-state index in [2.05, 4.69) is 36.9 Å². The highest BCUT2D eigenvalue weighted by atomic mass is 16.5. The summed E-state index contributed by atoms with van der Waals surface area (Å²) in [5.74, 6) is 1.58. The van der Waals surface area contributed by atoms with E-state index in [0.717, 1.165) is 59.6 Å². The van der Waals surface area contributed by atoms with Crippen molar-refractivity contribution >= 4 is 10.8 Å². The van der Waals surface area contributed by atoms with E-state index in [1.165, 1.54) is 5.56 Å². The van der Waals surface area contributed by atoms with E-state index in [0.29, 0.717) is 18.7 Å². The summed E-state index contributed by atoms with van der Waals surface area (Å²) in [6.07, 6.45) is 1.88. The molecule has 1 fully saturated rings. The molecule has 1 aliphatic heterocycles. The van der Waals surface area contributed by atoms with Crippen LogP contribution in [0.4, 0.5) is 0 Å². The molecular formula is C30H33N3O3. The molecular weight excluding hydrogens is 450 g/mol. The molecule has 5 rings (SSSR count). The maximum atomic E-state index is 13.4. The van der Waals surface area contributed by atoms with Crippen molar-refractivity contribution in [2.75, 3.05) is 19.7 Å². The second kappa shape index (κ2) is 10.5. The number of aryl methyl sites for hydroxylation is 2. The number of para-hydroxylation sites is 2. The van der Waals surface area contributed by atoms with Crippen molar-refractivity contribution in [2.24, 2.45) is 0 Å². The zero-order chi connectivity index (χ0) is 25.1. The molecule has 186 valence electrons. The minimum atomic E-state index is -0.0522. The molecule has 1 saturated heterocycles. The highest BCUT2D eigenvalue weighted by Crippen LogP contribution is 2.30. The fourth-order valence-electron chi connectivity index (χ4n) is 4.88. The zero-order valence-electron chi connectivity index (χ0n) is 21.2. The lowest BCUT2D eigenvalue weighted by Gasteiger charge is -2.32. The molecule has 6 heteroatoms. The quantitative estimate of drug-likeness (QED) is 0.343. The minimum absolute atomic E-state index is 0.0522. The average molecular weight is 484 g/mol. The number of ether oxygens (including phenoxy) is 2. The molecule has 0 unspecified atom stereocenters. The monoisotopic (exact) mass is 483 g/mol. The summed E-state index contributed by atoms with van der Waals surface area (Å²) in [5.41, 5.74) is 4.20. The van der Waals surface area contributed by atoms with Gasteiger partial charge < -0.3 is 9.47 Å². The molecule has 0 amide bonds. The largest absolute Gasteiger partial charge is 0.490 e. The zero-order valence-corrected chi connectivity index (χ0v) is 21.2. The van der Waals surface area contributed by atoms with E-state index in [9.17, 15) is 4.79 Å². The van der Waals surface area contributed by atoms with Crippen molar-refractivity contribution in [3.05, 3.63) is 88.2 Å². The number of aromatic nitrogens is 2. The third-order valence-corrected chi connectivity index (χ3v) is 6.83. The third kappa shape index (κ3) is 5.00. The van der Waals surface area contributed by atoms with E-state index in [4.69, 9.17) is 14.6 Å². The summed E-state index contributed by atoms with van der Waals surface area (Å²) < 4.78 is 13.6. The average Bonchev–Trinajstić information content (AvgIpc) is 2.90. The Bertz CT molecular complexity index is 1420. The van der Waals surface area contributed by atoms with Crippen LogP contribution in [0.1, 0.15) is 30.9 Å². The van der Waals surface area contributed by atoms with Crippen LogP contribution in [-0.4, -0.2) is 40.5 Å². The molecule has 3 aromatic carbocycles. The molecule has 2 heterocycles. The standard InChI is InChI=1S/C30H33N3O3/c1-4-35-27-11-7-8-12-28(27)36-23-15-17-32(18-16-23)20-33-30(34)25-10-6-5-9-24(25)29(31-33)26-19-21(2)13-14-22(26)3/h5-14,19,23H,4,15-18,20H2,1-3H3. The Kier molecular flexibility index (Phi) is 7.05. The predicted molar refractivity (Wildman–Crippen MR) is 144 cm³/mol. The van der Waals surface area contributed by atoms with Crippen LogP contribution in [0.5, 0.6) is 11.5 Å². The van der Waals surface area contributed by atoms with E-state index >= 15 is 0 Å². The SMILES string of the molecule is CCOc1ccccc1OC1CCN(Cn2nc(-c3cc(C)ccc3C)c3ccccc3c2=O)CC1. The van der Waals surface area contributed by atoms with Crippen LogP contribution in [-0.2, 0) is 6.67 Å². The summed E-state index contributed by atoms with van der Waals surface area (Å²) in [6.45, 7) is 8.89. The Morgan fingerprint density at radius 1 is 0.917 bits per heavy atom. The Labute approximate surface area is 212 Å². The number of hydrogen-bond acceptors (Lipinski definition) is 5. The molecule has 0 bridgehead atoms. The summed E-state index contributed by atoms with van der Waals surface area (Å²) in [6, 6.07) is 22.0. The second-order valence-electron chi connectivity index (χ2n) is 9.47. The Hall–Kier alpha value is -3.64. The number of hydrogen-bond donors (Lipinski definition) is 0. The van der Waals surface area contributed by atoms with Crippen molar-refractivity contribution in [1.29, 1.82) is 0 Å². The van der Waals surface area contributed by atoms with Crippen LogP contribution < -0.4 is 15.0 Å². The first-order chi connectivity index (χ1) is 17.5. The number of fused-ring (bicyclic) bond motifs is 1. The lowest BCUT2D eigenvalue weighted by Crippen LogP contribution is -2.41. The van der Waals surface area contributed by atoms with Gasteiger partial charge in [0.25, 0.3) is 5.56 Å². The summed E-state index contributed by atoms with van der Waals surface area (Å²) in [7, 11) is 0. The molecule has 1 aromatic heterocycles. The van der Waals surface area contributed by atoms with Crippen LogP contribution in [0.2, 0.25) is 0 Å². The third-order valence-electron chi connectivity index (χ3n) is 6.83. The van der Waals surface area contributed by atoms with Gasteiger partial charge in [0.15, 0.2) is 11.5 Å². The van der Waals surface area contributed by atoms with Crippen molar-refractivity contribution in [2.45, 2.75) is 46.4 Å². The van der Waals surface area contributed by atoms with Crippen molar-refractivity contribution in [3.8, 4) is 22.8 Å². The molecule has 0 N–H and O–H groups in total. The van der Waals surface area contributed by atoms with Crippen molar-refractivity contribution < 1.29 is 9.47 Å². The molecule has 4 aromatic rings. The van der Waals surface area contributed by atoms with Gasteiger partial charge >= 0.3 is 0 Å². The molecule has 0 atom stereocenters. The minimum Gasteiger partial charge on any atom is -0.490 e. The Morgan fingerprint density at radius 2 is 1.61 bits per heavy atom. The van der Waals surface area contributed by atoms with E-state index < -0.39 is 0 Å². The number of piperidine rings is 1. The lowest BCUT2D eigenvalue weighted by molar-refractivity contribution is 0.0773. The molecule has 1 aliphatic rings. The maximum Gasteiger partial charge on any atom is 0.275 e. The molecule has 0 radical (unpaired) electrons. The molecule has 0 saturated carbocycles. The first kappa shape index (κ1) is 24.1. The number of likely N-dealkylation sites (tertiary alicyclic amines) is 1. The number of rotatable bonds is 7. The maximum absolute atomic E-state index is 13.4. The van der Waals surface area contributed by atoms with Gasteiger partial charge in [-0.25, -0.2) is 4.68 Å². The first-order valence-electron chi connectivity index (χ1n) is 12.7. The number of nitrogens with zero attached hydrogens (tertiary/aromatic N) is 3. The van der Waals surface area contributed by atoms with Gasteiger partial charge in [0.2, 0.25) is 0 Å². The molecule has 0 aliphatic carbocycles. The normalized spacial score (nSPS) is 14.8. The first-order valence-corrected chi connectivity index (χ1v) is 12.7. The summed E-state index contributed by atoms with van der Waals surface area (Å²) >= 11 is 0. The van der Waals surface area contributed by atoms with Crippen LogP contribution in [0.25, 0.3) is 22.0 Å². The van der Waals surface area contributed by atoms with Gasteiger partial charge in [0.05, 0.1) is 24.4 Å². The summed E-state index contributed by atoms with van der Waals surface area (Å²) in [5, 5.41) is 6.50. The van der Waals surface area contributed by atoms with Gasteiger partial charge in [-0.2, -0.15) is 5.10 Å². The van der Waals surface area contributed by atoms with Crippen molar-refractivity contribution in [1.82, 2.24) is 14.7 Å². The van der Waals surface area contributed by atoms with E-state index in [1.54, 1.807) is 4.68 Å². The van der Waals surface area contributed by atoms with Gasteiger partial charge in [-0.05, 0) is 63.4 Å². The summed E-state index contributed by atoms with van der Waals surface area (Å²) in [4.78, 5) is 15.7. The Balaban J connectivity index is 1.36. The number of benzene rings is 3. The second-order valence-corrected chi connectivity index (χ2v) is 9.47. The predicted octanol–water partition coefficient (Wildman–Crippen LogP) is 5.58. The van der Waals surface area contributed by atoms with E-state index in [1.807, 2.05) is 55.5 Å². The van der Waals surface area contributed by atoms with Gasteiger partial charge in [-0.1, -0.05) is 48.0 Å². The fourth-order valence-corrected chi connectivity index (χ4v) is 4.88. The molecule has 6 nitrogen and oxygen atoms in total. The Morgan fingerprint density at radius 3 is 2.36 bits per heavy atom. The molecule has 36 heavy (non-hydrogen) atoms.